The number of hydrogen-bond acceptors (Lipinski definition) is 6. The third kappa shape index (κ3) is 4.69. The average molecular weight is 390 g/mol. The third-order valence-corrected chi connectivity index (χ3v) is 6.13. The zero-order chi connectivity index (χ0) is 20.0. The molecule has 1 N–H and O–H groups in total. The molecule has 0 bridgehead atoms. The Kier molecular flexibility index (Phi) is 6.65. The van der Waals surface area contributed by atoms with Gasteiger partial charge in [0.1, 0.15) is 5.69 Å². The summed E-state index contributed by atoms with van der Waals surface area (Å²) in [6.45, 7) is 5.93. The van der Waals surface area contributed by atoms with E-state index in [4.69, 9.17) is 0 Å². The molecule has 2 aromatic carbocycles. The molecule has 0 heterocycles. The number of nitro groups is 1. The van der Waals surface area contributed by atoms with Crippen molar-refractivity contribution in [2.75, 3.05) is 18.5 Å². The number of hydrazone groups is 1. The predicted molar refractivity (Wildman–Crippen MR) is 106 cm³/mol. The molecule has 0 unspecified atom stereocenters. The molecule has 0 aromatic heterocycles. The maximum atomic E-state index is 12.6. The molecular formula is C18H22N4O4S. The number of rotatable bonds is 8. The molecular weight excluding hydrogens is 368 g/mol. The van der Waals surface area contributed by atoms with E-state index in [1.807, 2.05) is 31.2 Å². The van der Waals surface area contributed by atoms with Crippen molar-refractivity contribution >= 4 is 27.6 Å². The molecule has 0 saturated heterocycles. The minimum Gasteiger partial charge on any atom is -0.272 e. The van der Waals surface area contributed by atoms with Crippen molar-refractivity contribution in [3.05, 3.63) is 63.7 Å². The normalized spacial score (nSPS) is 11.9. The second-order valence-corrected chi connectivity index (χ2v) is 7.69. The summed E-state index contributed by atoms with van der Waals surface area (Å²) in [5.41, 5.74) is 4.26. The van der Waals surface area contributed by atoms with Crippen molar-refractivity contribution in [2.45, 2.75) is 25.7 Å². The lowest BCUT2D eigenvalue weighted by Crippen LogP contribution is -2.30. The van der Waals surface area contributed by atoms with Crippen LogP contribution in [0.3, 0.4) is 0 Å². The van der Waals surface area contributed by atoms with Crippen molar-refractivity contribution in [3.8, 4) is 0 Å². The summed E-state index contributed by atoms with van der Waals surface area (Å²) in [7, 11) is -3.78. The van der Waals surface area contributed by atoms with Gasteiger partial charge in [-0.15, -0.1) is 0 Å². The van der Waals surface area contributed by atoms with E-state index in [0.29, 0.717) is 0 Å². The number of nitrogens with zero attached hydrogens (tertiary/aromatic N) is 3. The number of sulfonamides is 1. The molecule has 0 aliphatic heterocycles. The van der Waals surface area contributed by atoms with Crippen molar-refractivity contribution in [2.24, 2.45) is 5.10 Å². The SMILES string of the molecule is CCN(CC)S(=O)(=O)c1ccc(NN=Cc2ccccc2C)c([N+](=O)[O-])c1. The molecule has 144 valence electrons. The molecule has 0 amide bonds. The summed E-state index contributed by atoms with van der Waals surface area (Å²) in [5.74, 6) is 0. The molecule has 0 saturated carbocycles. The Morgan fingerprint density at radius 3 is 2.44 bits per heavy atom. The molecule has 0 radical (unpaired) electrons. The lowest BCUT2D eigenvalue weighted by atomic mass is 10.1. The summed E-state index contributed by atoms with van der Waals surface area (Å²) in [4.78, 5) is 10.7. The topological polar surface area (TPSA) is 105 Å². The second kappa shape index (κ2) is 8.74. The van der Waals surface area contributed by atoms with Gasteiger partial charge in [-0.05, 0) is 30.2 Å². The molecule has 0 aliphatic rings. The lowest BCUT2D eigenvalue weighted by molar-refractivity contribution is -0.384. The van der Waals surface area contributed by atoms with Gasteiger partial charge < -0.3 is 0 Å². The van der Waals surface area contributed by atoms with Crippen LogP contribution < -0.4 is 5.43 Å². The quantitative estimate of drug-likeness (QED) is 0.423. The van der Waals surface area contributed by atoms with Gasteiger partial charge in [-0.3, -0.25) is 15.5 Å². The smallest absolute Gasteiger partial charge is 0.272 e. The number of anilines is 1. The van der Waals surface area contributed by atoms with Crippen LogP contribution in [0.4, 0.5) is 11.4 Å². The number of aryl methyl sites for hydroxylation is 1. The van der Waals surface area contributed by atoms with Gasteiger partial charge in [-0.25, -0.2) is 8.42 Å². The minimum atomic E-state index is -3.78. The Labute approximate surface area is 158 Å². The Morgan fingerprint density at radius 1 is 1.19 bits per heavy atom. The van der Waals surface area contributed by atoms with E-state index in [-0.39, 0.29) is 29.4 Å². The standard InChI is InChI=1S/C18H22N4O4S/c1-4-21(5-2)27(25,26)16-10-11-17(18(12-16)22(23)24)20-19-13-15-9-7-6-8-14(15)3/h6-13,20H,4-5H2,1-3H3. The van der Waals surface area contributed by atoms with Crippen LogP contribution in [0.2, 0.25) is 0 Å². The average Bonchev–Trinajstić information content (AvgIpc) is 2.64. The zero-order valence-electron chi connectivity index (χ0n) is 15.4. The van der Waals surface area contributed by atoms with E-state index in [0.717, 1.165) is 17.2 Å². The molecule has 9 heteroatoms. The maximum absolute atomic E-state index is 12.6. The Hall–Kier alpha value is -2.78. The largest absolute Gasteiger partial charge is 0.295 e. The van der Waals surface area contributed by atoms with Crippen molar-refractivity contribution in [3.63, 3.8) is 0 Å². The van der Waals surface area contributed by atoms with Crippen molar-refractivity contribution in [1.29, 1.82) is 0 Å². The first-order valence-corrected chi connectivity index (χ1v) is 9.88. The fraction of sp³-hybridized carbons (Fsp3) is 0.278. The van der Waals surface area contributed by atoms with Crippen LogP contribution in [0.5, 0.6) is 0 Å². The highest BCUT2D eigenvalue weighted by Gasteiger charge is 2.25. The van der Waals surface area contributed by atoms with Gasteiger partial charge >= 0.3 is 0 Å². The van der Waals surface area contributed by atoms with Gasteiger partial charge in [0.15, 0.2) is 0 Å². The van der Waals surface area contributed by atoms with Gasteiger partial charge in [-0.1, -0.05) is 38.1 Å². The fourth-order valence-corrected chi connectivity index (χ4v) is 4.01. The number of benzene rings is 2. The van der Waals surface area contributed by atoms with Gasteiger partial charge in [-0.2, -0.15) is 9.41 Å². The molecule has 2 aromatic rings. The molecule has 2 rings (SSSR count). The fourth-order valence-electron chi connectivity index (χ4n) is 2.53. The van der Waals surface area contributed by atoms with Gasteiger partial charge in [0.2, 0.25) is 10.0 Å². The number of nitro benzene ring substituents is 1. The van der Waals surface area contributed by atoms with E-state index in [2.05, 4.69) is 10.5 Å². The maximum Gasteiger partial charge on any atom is 0.295 e. The highest BCUT2D eigenvalue weighted by molar-refractivity contribution is 7.89. The summed E-state index contributed by atoms with van der Waals surface area (Å²) >= 11 is 0. The van der Waals surface area contributed by atoms with Crippen LogP contribution in [0.15, 0.2) is 52.5 Å². The van der Waals surface area contributed by atoms with Crippen LogP contribution in [0, 0.1) is 17.0 Å². The first kappa shape index (κ1) is 20.5. The van der Waals surface area contributed by atoms with Crippen molar-refractivity contribution < 1.29 is 13.3 Å². The van der Waals surface area contributed by atoms with E-state index < -0.39 is 14.9 Å². The second-order valence-electron chi connectivity index (χ2n) is 5.75. The molecule has 0 spiro atoms. The number of nitrogens with one attached hydrogen (secondary N) is 1. The van der Waals surface area contributed by atoms with Crippen molar-refractivity contribution in [1.82, 2.24) is 4.31 Å². The Bertz CT molecular complexity index is 954. The molecule has 0 aliphatic carbocycles. The summed E-state index contributed by atoms with van der Waals surface area (Å²) in [6, 6.07) is 11.3. The number of hydrogen-bond donors (Lipinski definition) is 1. The Balaban J connectivity index is 2.34. The highest BCUT2D eigenvalue weighted by Crippen LogP contribution is 2.29. The summed E-state index contributed by atoms with van der Waals surface area (Å²) < 4.78 is 26.4. The lowest BCUT2D eigenvalue weighted by Gasteiger charge is -2.18. The summed E-state index contributed by atoms with van der Waals surface area (Å²) in [5, 5.41) is 15.4. The monoisotopic (exact) mass is 390 g/mol. The predicted octanol–water partition coefficient (Wildman–Crippen LogP) is 3.38. The Morgan fingerprint density at radius 2 is 1.85 bits per heavy atom. The van der Waals surface area contributed by atoms with Crippen LogP contribution in [-0.2, 0) is 10.0 Å². The highest BCUT2D eigenvalue weighted by atomic mass is 32.2. The van der Waals surface area contributed by atoms with Gasteiger partial charge in [0, 0.05) is 19.2 Å². The van der Waals surface area contributed by atoms with Crippen LogP contribution in [0.1, 0.15) is 25.0 Å². The van der Waals surface area contributed by atoms with E-state index in [1.54, 1.807) is 20.1 Å². The first-order valence-electron chi connectivity index (χ1n) is 8.44. The van der Waals surface area contributed by atoms with E-state index >= 15 is 0 Å². The molecule has 0 atom stereocenters. The summed E-state index contributed by atoms with van der Waals surface area (Å²) in [6.07, 6.45) is 1.56. The van der Waals surface area contributed by atoms with Crippen LogP contribution in [0.25, 0.3) is 0 Å². The first-order chi connectivity index (χ1) is 12.8. The van der Waals surface area contributed by atoms with E-state index in [1.165, 1.54) is 16.4 Å². The molecule has 8 nitrogen and oxygen atoms in total. The molecule has 0 fully saturated rings. The van der Waals surface area contributed by atoms with E-state index in [9.17, 15) is 18.5 Å². The third-order valence-electron chi connectivity index (χ3n) is 4.09. The molecule has 27 heavy (non-hydrogen) atoms. The zero-order valence-corrected chi connectivity index (χ0v) is 16.2. The van der Waals surface area contributed by atoms with Crippen LogP contribution in [-0.4, -0.2) is 37.0 Å². The minimum absolute atomic E-state index is 0.114. The van der Waals surface area contributed by atoms with Gasteiger partial charge in [0.05, 0.1) is 16.0 Å². The van der Waals surface area contributed by atoms with Gasteiger partial charge in [0.25, 0.3) is 5.69 Å². The van der Waals surface area contributed by atoms with Crippen LogP contribution >= 0.6 is 0 Å².